The molecule has 0 aliphatic carbocycles. The molecule has 3 rings (SSSR count). The zero-order chi connectivity index (χ0) is 18.5. The second kappa shape index (κ2) is 7.93. The molecule has 0 aliphatic heterocycles. The summed E-state index contributed by atoms with van der Waals surface area (Å²) < 4.78 is 5.20. The third-order valence-corrected chi connectivity index (χ3v) is 4.80. The van der Waals surface area contributed by atoms with Crippen LogP contribution in [0.4, 0.5) is 5.69 Å². The Morgan fingerprint density at radius 3 is 2.42 bits per heavy atom. The highest BCUT2D eigenvalue weighted by molar-refractivity contribution is 8.00. The minimum absolute atomic E-state index is 0.0997. The van der Waals surface area contributed by atoms with Gasteiger partial charge in [0, 0.05) is 11.1 Å². The monoisotopic (exact) mass is 366 g/mol. The number of ether oxygens (including phenoxy) is 1. The molecule has 2 aromatic carbocycles. The lowest BCUT2D eigenvalue weighted by Gasteiger charge is -2.13. The molecule has 0 saturated heterocycles. The van der Waals surface area contributed by atoms with Crippen LogP contribution in [0.25, 0.3) is 22.4 Å². The van der Waals surface area contributed by atoms with Gasteiger partial charge in [-0.05, 0) is 23.8 Å². The molecule has 0 amide bonds. The van der Waals surface area contributed by atoms with Gasteiger partial charge in [-0.1, -0.05) is 54.2 Å². The molecule has 0 aliphatic rings. The number of pyridine rings is 1. The number of carbonyl (C=O) groups is 1. The van der Waals surface area contributed by atoms with Gasteiger partial charge in [0.15, 0.2) is 0 Å². The normalized spacial score (nSPS) is 10.5. The molecule has 26 heavy (non-hydrogen) atoms. The molecule has 0 bridgehead atoms. The van der Waals surface area contributed by atoms with Crippen LogP contribution in [0, 0.1) is 0 Å². The first-order valence-corrected chi connectivity index (χ1v) is 8.92. The maximum Gasteiger partial charge on any atom is 0.313 e. The number of nitrogens with two attached hydrogens (primary N) is 1. The second-order valence-electron chi connectivity index (χ2n) is 5.55. The van der Waals surface area contributed by atoms with E-state index in [1.165, 1.54) is 0 Å². The first-order valence-electron chi connectivity index (χ1n) is 7.93. The van der Waals surface area contributed by atoms with E-state index in [4.69, 9.17) is 15.6 Å². The lowest BCUT2D eigenvalue weighted by molar-refractivity contribution is -0.133. The number of aromatic nitrogens is 1. The van der Waals surface area contributed by atoms with E-state index in [0.717, 1.165) is 39.9 Å². The van der Waals surface area contributed by atoms with E-state index in [9.17, 15) is 4.79 Å². The van der Waals surface area contributed by atoms with Gasteiger partial charge in [-0.15, -0.1) is 0 Å². The molecular formula is C20H18N2O3S. The summed E-state index contributed by atoms with van der Waals surface area (Å²) in [4.78, 5) is 15.5. The first-order chi connectivity index (χ1) is 12.6. The van der Waals surface area contributed by atoms with Crippen LogP contribution < -0.4 is 10.5 Å². The summed E-state index contributed by atoms with van der Waals surface area (Å²) in [5, 5.41) is 9.51. The Labute approximate surface area is 155 Å². The average molecular weight is 366 g/mol. The number of hydrogen-bond donors (Lipinski definition) is 2. The Balaban J connectivity index is 2.11. The van der Waals surface area contributed by atoms with Crippen molar-refractivity contribution in [2.75, 3.05) is 18.6 Å². The predicted molar refractivity (Wildman–Crippen MR) is 104 cm³/mol. The second-order valence-corrected chi connectivity index (χ2v) is 6.51. The van der Waals surface area contributed by atoms with E-state index < -0.39 is 5.97 Å². The van der Waals surface area contributed by atoms with Crippen LogP contribution in [0.1, 0.15) is 0 Å². The summed E-state index contributed by atoms with van der Waals surface area (Å²) >= 11 is 1.12. The fourth-order valence-electron chi connectivity index (χ4n) is 2.54. The van der Waals surface area contributed by atoms with Gasteiger partial charge in [0.1, 0.15) is 10.8 Å². The van der Waals surface area contributed by atoms with Crippen molar-refractivity contribution in [3.63, 3.8) is 0 Å². The summed E-state index contributed by atoms with van der Waals surface area (Å²) in [7, 11) is 1.62. The Bertz CT molecular complexity index is 912. The highest BCUT2D eigenvalue weighted by Gasteiger charge is 2.14. The van der Waals surface area contributed by atoms with E-state index in [0.29, 0.717) is 10.7 Å². The fraction of sp³-hybridized carbons (Fsp3) is 0.100. The SMILES string of the molecule is COc1ccc(-c2cc(-c3ccccc3)nc(SCC(=O)O)c2N)cc1. The molecule has 0 radical (unpaired) electrons. The largest absolute Gasteiger partial charge is 0.497 e. The van der Waals surface area contributed by atoms with Crippen molar-refractivity contribution >= 4 is 23.4 Å². The van der Waals surface area contributed by atoms with Crippen molar-refractivity contribution in [1.29, 1.82) is 0 Å². The minimum atomic E-state index is -0.910. The average Bonchev–Trinajstić information content (AvgIpc) is 2.68. The summed E-state index contributed by atoms with van der Waals surface area (Å²) in [6, 6.07) is 19.2. The molecule has 1 aromatic heterocycles. The number of aliphatic carboxylic acids is 1. The molecule has 132 valence electrons. The maximum absolute atomic E-state index is 11.0. The van der Waals surface area contributed by atoms with Gasteiger partial charge in [-0.3, -0.25) is 4.79 Å². The summed E-state index contributed by atoms with van der Waals surface area (Å²) in [6.07, 6.45) is 0. The van der Waals surface area contributed by atoms with E-state index >= 15 is 0 Å². The molecule has 0 fully saturated rings. The number of carboxylic acids is 1. The van der Waals surface area contributed by atoms with Crippen molar-refractivity contribution < 1.29 is 14.6 Å². The number of rotatable bonds is 6. The highest BCUT2D eigenvalue weighted by atomic mass is 32.2. The fourth-order valence-corrected chi connectivity index (χ4v) is 3.23. The van der Waals surface area contributed by atoms with Crippen LogP contribution in [0.5, 0.6) is 5.75 Å². The summed E-state index contributed by atoms with van der Waals surface area (Å²) in [5.41, 5.74) is 10.2. The quantitative estimate of drug-likeness (QED) is 0.637. The summed E-state index contributed by atoms with van der Waals surface area (Å²) in [6.45, 7) is 0. The van der Waals surface area contributed by atoms with Gasteiger partial charge >= 0.3 is 5.97 Å². The lowest BCUT2D eigenvalue weighted by Crippen LogP contribution is -2.02. The minimum Gasteiger partial charge on any atom is -0.497 e. The number of benzene rings is 2. The van der Waals surface area contributed by atoms with Crippen LogP contribution in [0.2, 0.25) is 0 Å². The third-order valence-electron chi connectivity index (χ3n) is 3.83. The first kappa shape index (κ1) is 17.8. The van der Waals surface area contributed by atoms with Crippen LogP contribution in [-0.2, 0) is 4.79 Å². The Morgan fingerprint density at radius 1 is 1.12 bits per heavy atom. The molecule has 5 nitrogen and oxygen atoms in total. The number of carboxylic acid groups (broad SMARTS) is 1. The van der Waals surface area contributed by atoms with E-state index in [1.54, 1.807) is 7.11 Å². The lowest BCUT2D eigenvalue weighted by atomic mass is 10.0. The van der Waals surface area contributed by atoms with Crippen molar-refractivity contribution in [2.24, 2.45) is 0 Å². The number of nitrogen functional groups attached to an aromatic ring is 1. The van der Waals surface area contributed by atoms with Crippen LogP contribution in [0.3, 0.4) is 0 Å². The van der Waals surface area contributed by atoms with Gasteiger partial charge in [-0.2, -0.15) is 0 Å². The van der Waals surface area contributed by atoms with E-state index in [2.05, 4.69) is 4.98 Å². The standard InChI is InChI=1S/C20H18N2O3S/c1-25-15-9-7-13(8-10-15)16-11-17(14-5-3-2-4-6-14)22-20(19(16)21)26-12-18(23)24/h2-11H,12,21H2,1H3,(H,23,24). The van der Waals surface area contributed by atoms with Crippen LogP contribution in [-0.4, -0.2) is 28.9 Å². The molecular weight excluding hydrogens is 348 g/mol. The molecule has 0 unspecified atom stereocenters. The molecule has 3 aromatic rings. The van der Waals surface area contributed by atoms with Gasteiger partial charge < -0.3 is 15.6 Å². The Hall–Kier alpha value is -2.99. The topological polar surface area (TPSA) is 85.4 Å². The molecule has 0 spiro atoms. The Kier molecular flexibility index (Phi) is 5.43. The maximum atomic E-state index is 11.0. The molecule has 6 heteroatoms. The number of nitrogens with zero attached hydrogens (tertiary/aromatic N) is 1. The van der Waals surface area contributed by atoms with Crippen molar-refractivity contribution in [3.8, 4) is 28.1 Å². The number of methoxy groups -OCH3 is 1. The van der Waals surface area contributed by atoms with E-state index in [1.807, 2.05) is 60.7 Å². The van der Waals surface area contributed by atoms with E-state index in [-0.39, 0.29) is 5.75 Å². The highest BCUT2D eigenvalue weighted by Crippen LogP contribution is 2.36. The third kappa shape index (κ3) is 3.97. The van der Waals surface area contributed by atoms with Crippen molar-refractivity contribution in [2.45, 2.75) is 5.03 Å². The van der Waals surface area contributed by atoms with Crippen LogP contribution >= 0.6 is 11.8 Å². The molecule has 3 N–H and O–H groups in total. The molecule has 0 saturated carbocycles. The van der Waals surface area contributed by atoms with Crippen molar-refractivity contribution in [3.05, 3.63) is 60.7 Å². The van der Waals surface area contributed by atoms with Gasteiger partial charge in [0.2, 0.25) is 0 Å². The zero-order valence-electron chi connectivity index (χ0n) is 14.2. The zero-order valence-corrected chi connectivity index (χ0v) is 15.0. The van der Waals surface area contributed by atoms with Gasteiger partial charge in [-0.25, -0.2) is 4.98 Å². The Morgan fingerprint density at radius 2 is 1.81 bits per heavy atom. The molecule has 1 heterocycles. The number of thioether (sulfide) groups is 1. The van der Waals surface area contributed by atoms with Gasteiger partial charge in [0.25, 0.3) is 0 Å². The summed E-state index contributed by atoms with van der Waals surface area (Å²) in [5.74, 6) is -0.255. The predicted octanol–water partition coefficient (Wildman–Crippen LogP) is 4.18. The van der Waals surface area contributed by atoms with Gasteiger partial charge in [0.05, 0.1) is 24.2 Å². The number of anilines is 1. The molecule has 0 atom stereocenters. The smallest absolute Gasteiger partial charge is 0.313 e. The number of hydrogen-bond acceptors (Lipinski definition) is 5. The van der Waals surface area contributed by atoms with Crippen molar-refractivity contribution in [1.82, 2.24) is 4.98 Å². The van der Waals surface area contributed by atoms with Crippen LogP contribution in [0.15, 0.2) is 65.7 Å².